The van der Waals surface area contributed by atoms with Crippen LogP contribution in [0.25, 0.3) is 0 Å². The Labute approximate surface area is 122 Å². The minimum absolute atomic E-state index is 0.574. The largest absolute Gasteiger partial charge is 0.370 e. The minimum atomic E-state index is 0.574. The second-order valence-corrected chi connectivity index (χ2v) is 5.94. The van der Waals surface area contributed by atoms with E-state index in [4.69, 9.17) is 0 Å². The fourth-order valence-corrected chi connectivity index (χ4v) is 2.79. The van der Waals surface area contributed by atoms with Gasteiger partial charge in [-0.1, -0.05) is 13.8 Å². The third-order valence-corrected chi connectivity index (χ3v) is 3.97. The van der Waals surface area contributed by atoms with Crippen LogP contribution in [0.5, 0.6) is 0 Å². The summed E-state index contributed by atoms with van der Waals surface area (Å²) in [6.07, 6.45) is 7.18. The maximum absolute atomic E-state index is 4.66. The minimum Gasteiger partial charge on any atom is -0.370 e. The van der Waals surface area contributed by atoms with Crippen molar-refractivity contribution in [1.82, 2.24) is 9.97 Å². The van der Waals surface area contributed by atoms with Crippen molar-refractivity contribution in [2.75, 3.05) is 17.2 Å². The zero-order chi connectivity index (χ0) is 14.4. The van der Waals surface area contributed by atoms with Crippen LogP contribution in [0.2, 0.25) is 0 Å². The molecule has 1 fully saturated rings. The highest BCUT2D eigenvalue weighted by Gasteiger charge is 2.18. The zero-order valence-corrected chi connectivity index (χ0v) is 13.1. The summed E-state index contributed by atoms with van der Waals surface area (Å²) < 4.78 is 0. The van der Waals surface area contributed by atoms with Crippen molar-refractivity contribution in [3.05, 3.63) is 11.9 Å². The first-order valence-electron chi connectivity index (χ1n) is 8.09. The van der Waals surface area contributed by atoms with Gasteiger partial charge in [-0.2, -0.15) is 0 Å². The molecule has 4 heteroatoms. The number of hydrogen-bond donors (Lipinski definition) is 2. The summed E-state index contributed by atoms with van der Waals surface area (Å²) in [6, 6.07) is 2.62. The van der Waals surface area contributed by atoms with E-state index in [0.29, 0.717) is 6.04 Å². The molecule has 2 N–H and O–H groups in total. The van der Waals surface area contributed by atoms with Crippen LogP contribution in [0.15, 0.2) is 6.07 Å². The standard InChI is InChI=1S/C16H28N4/c1-4-6-14-19-15(17-5-2)11-16(20-14)18-13-9-7-12(3)8-10-13/h11-13H,4-10H2,1-3H3,(H2,17,18,19,20). The lowest BCUT2D eigenvalue weighted by atomic mass is 9.87. The van der Waals surface area contributed by atoms with Gasteiger partial charge in [0.05, 0.1) is 0 Å². The lowest BCUT2D eigenvalue weighted by Crippen LogP contribution is -2.26. The summed E-state index contributed by atoms with van der Waals surface area (Å²) in [7, 11) is 0. The molecule has 20 heavy (non-hydrogen) atoms. The predicted molar refractivity (Wildman–Crippen MR) is 85.2 cm³/mol. The molecule has 0 unspecified atom stereocenters. The van der Waals surface area contributed by atoms with E-state index < -0.39 is 0 Å². The molecule has 1 saturated carbocycles. The Morgan fingerprint density at radius 1 is 1.10 bits per heavy atom. The number of rotatable bonds is 6. The molecule has 0 spiro atoms. The Hall–Kier alpha value is -1.32. The highest BCUT2D eigenvalue weighted by molar-refractivity contribution is 5.48. The summed E-state index contributed by atoms with van der Waals surface area (Å²) in [5, 5.41) is 6.91. The van der Waals surface area contributed by atoms with Gasteiger partial charge in [-0.25, -0.2) is 9.97 Å². The van der Waals surface area contributed by atoms with Crippen molar-refractivity contribution >= 4 is 11.6 Å². The van der Waals surface area contributed by atoms with Crippen LogP contribution in [-0.4, -0.2) is 22.6 Å². The second kappa shape index (κ2) is 7.46. The first-order valence-corrected chi connectivity index (χ1v) is 8.09. The van der Waals surface area contributed by atoms with E-state index in [0.717, 1.165) is 42.8 Å². The van der Waals surface area contributed by atoms with Crippen molar-refractivity contribution in [2.24, 2.45) is 5.92 Å². The van der Waals surface area contributed by atoms with Gasteiger partial charge in [0.1, 0.15) is 17.5 Å². The molecule has 112 valence electrons. The summed E-state index contributed by atoms with van der Waals surface area (Å²) in [5.41, 5.74) is 0. The molecule has 0 aliphatic heterocycles. The van der Waals surface area contributed by atoms with Gasteiger partial charge < -0.3 is 10.6 Å². The highest BCUT2D eigenvalue weighted by Crippen LogP contribution is 2.26. The maximum Gasteiger partial charge on any atom is 0.133 e. The van der Waals surface area contributed by atoms with Crippen LogP contribution in [0.3, 0.4) is 0 Å². The number of hydrogen-bond acceptors (Lipinski definition) is 4. The van der Waals surface area contributed by atoms with Gasteiger partial charge in [-0.3, -0.25) is 0 Å². The van der Waals surface area contributed by atoms with E-state index in [9.17, 15) is 0 Å². The van der Waals surface area contributed by atoms with E-state index in [1.54, 1.807) is 0 Å². The molecule has 0 atom stereocenters. The number of aromatic nitrogens is 2. The first kappa shape index (κ1) is 15.1. The number of nitrogens with zero attached hydrogens (tertiary/aromatic N) is 2. The Kier molecular flexibility index (Phi) is 5.62. The maximum atomic E-state index is 4.66. The summed E-state index contributed by atoms with van der Waals surface area (Å²) in [4.78, 5) is 9.21. The monoisotopic (exact) mass is 276 g/mol. The van der Waals surface area contributed by atoms with Gasteiger partial charge >= 0.3 is 0 Å². The molecule has 1 heterocycles. The van der Waals surface area contributed by atoms with Gasteiger partial charge in [0, 0.05) is 25.1 Å². The molecule has 0 saturated heterocycles. The smallest absolute Gasteiger partial charge is 0.133 e. The van der Waals surface area contributed by atoms with E-state index in [1.165, 1.54) is 25.7 Å². The Balaban J connectivity index is 2.05. The van der Waals surface area contributed by atoms with Crippen LogP contribution in [0.1, 0.15) is 58.7 Å². The molecule has 4 nitrogen and oxygen atoms in total. The predicted octanol–water partition coefficient (Wildman–Crippen LogP) is 3.85. The average molecular weight is 276 g/mol. The topological polar surface area (TPSA) is 49.8 Å². The fourth-order valence-electron chi connectivity index (χ4n) is 2.79. The van der Waals surface area contributed by atoms with Crippen LogP contribution >= 0.6 is 0 Å². The normalized spacial score (nSPS) is 22.6. The SMILES string of the molecule is CCCc1nc(NCC)cc(NC2CCC(C)CC2)n1. The lowest BCUT2D eigenvalue weighted by Gasteiger charge is -2.27. The number of nitrogens with one attached hydrogen (secondary N) is 2. The Morgan fingerprint density at radius 3 is 2.45 bits per heavy atom. The summed E-state index contributed by atoms with van der Waals surface area (Å²) in [5.74, 6) is 3.75. The molecule has 0 radical (unpaired) electrons. The van der Waals surface area contributed by atoms with Crippen molar-refractivity contribution in [3.8, 4) is 0 Å². The molecular formula is C16H28N4. The van der Waals surface area contributed by atoms with Gasteiger partial charge in [0.15, 0.2) is 0 Å². The zero-order valence-electron chi connectivity index (χ0n) is 13.1. The van der Waals surface area contributed by atoms with Crippen molar-refractivity contribution in [3.63, 3.8) is 0 Å². The molecule has 2 rings (SSSR count). The van der Waals surface area contributed by atoms with Gasteiger partial charge in [0.2, 0.25) is 0 Å². The van der Waals surface area contributed by atoms with E-state index in [1.807, 2.05) is 6.07 Å². The Bertz CT molecular complexity index is 387. The van der Waals surface area contributed by atoms with Gasteiger partial charge in [-0.15, -0.1) is 0 Å². The first-order chi connectivity index (χ1) is 9.71. The van der Waals surface area contributed by atoms with Crippen molar-refractivity contribution in [2.45, 2.75) is 65.3 Å². The third kappa shape index (κ3) is 4.36. The third-order valence-electron chi connectivity index (χ3n) is 3.97. The van der Waals surface area contributed by atoms with Crippen LogP contribution < -0.4 is 10.6 Å². The quantitative estimate of drug-likeness (QED) is 0.828. The second-order valence-electron chi connectivity index (χ2n) is 5.94. The molecule has 1 aromatic rings. The molecular weight excluding hydrogens is 248 g/mol. The lowest BCUT2D eigenvalue weighted by molar-refractivity contribution is 0.360. The van der Waals surface area contributed by atoms with Gasteiger partial charge in [-0.05, 0) is 44.9 Å². The summed E-state index contributed by atoms with van der Waals surface area (Å²) in [6.45, 7) is 7.50. The van der Waals surface area contributed by atoms with Crippen molar-refractivity contribution < 1.29 is 0 Å². The van der Waals surface area contributed by atoms with Crippen LogP contribution in [0, 0.1) is 5.92 Å². The summed E-state index contributed by atoms with van der Waals surface area (Å²) >= 11 is 0. The van der Waals surface area contributed by atoms with E-state index in [-0.39, 0.29) is 0 Å². The molecule has 1 aliphatic carbocycles. The molecule has 1 aromatic heterocycles. The van der Waals surface area contributed by atoms with Crippen LogP contribution in [-0.2, 0) is 6.42 Å². The Morgan fingerprint density at radius 2 is 1.80 bits per heavy atom. The molecule has 0 aromatic carbocycles. The van der Waals surface area contributed by atoms with Crippen molar-refractivity contribution in [1.29, 1.82) is 0 Å². The molecule has 1 aliphatic rings. The number of aryl methyl sites for hydroxylation is 1. The van der Waals surface area contributed by atoms with E-state index >= 15 is 0 Å². The highest BCUT2D eigenvalue weighted by atomic mass is 15.1. The van der Waals surface area contributed by atoms with E-state index in [2.05, 4.69) is 41.4 Å². The van der Waals surface area contributed by atoms with Gasteiger partial charge in [0.25, 0.3) is 0 Å². The number of anilines is 2. The molecule has 0 bridgehead atoms. The molecule has 0 amide bonds. The van der Waals surface area contributed by atoms with Crippen LogP contribution in [0.4, 0.5) is 11.6 Å². The average Bonchev–Trinajstić information content (AvgIpc) is 2.42. The fraction of sp³-hybridized carbons (Fsp3) is 0.750.